The van der Waals surface area contributed by atoms with Crippen molar-refractivity contribution in [3.8, 4) is 0 Å². The molecular formula is C14H20F3NO2S. The molecule has 1 N–H and O–H groups in total. The average Bonchev–Trinajstić information content (AvgIpc) is 2.42. The second-order valence-corrected chi connectivity index (χ2v) is 6.90. The summed E-state index contributed by atoms with van der Waals surface area (Å²) >= 11 is 0. The van der Waals surface area contributed by atoms with E-state index in [4.69, 9.17) is 0 Å². The fourth-order valence-corrected chi connectivity index (χ4v) is 3.51. The summed E-state index contributed by atoms with van der Waals surface area (Å²) in [6.07, 6.45) is -2.94. The van der Waals surface area contributed by atoms with Gasteiger partial charge in [-0.25, -0.2) is 8.42 Å². The zero-order valence-electron chi connectivity index (χ0n) is 12.1. The smallest absolute Gasteiger partial charge is 0.313 e. The first-order valence-corrected chi connectivity index (χ1v) is 8.49. The summed E-state index contributed by atoms with van der Waals surface area (Å²) < 4.78 is 61.8. The number of hydrogen-bond donors (Lipinski definition) is 1. The summed E-state index contributed by atoms with van der Waals surface area (Å²) in [6.45, 7) is 4.56. The Bertz CT molecular complexity index is 538. The monoisotopic (exact) mass is 323 g/mol. The molecule has 0 bridgehead atoms. The molecule has 0 aliphatic heterocycles. The molecule has 7 heteroatoms. The van der Waals surface area contributed by atoms with Crippen LogP contribution in [0.5, 0.6) is 0 Å². The lowest BCUT2D eigenvalue weighted by Crippen LogP contribution is -2.35. The van der Waals surface area contributed by atoms with Crippen LogP contribution < -0.4 is 5.32 Å². The molecule has 0 saturated heterocycles. The molecular weight excluding hydrogens is 303 g/mol. The Morgan fingerprint density at radius 2 is 1.71 bits per heavy atom. The third kappa shape index (κ3) is 5.32. The van der Waals surface area contributed by atoms with E-state index in [9.17, 15) is 21.6 Å². The van der Waals surface area contributed by atoms with Crippen molar-refractivity contribution in [1.82, 2.24) is 5.32 Å². The van der Waals surface area contributed by atoms with Crippen LogP contribution in [0, 0.1) is 0 Å². The summed E-state index contributed by atoms with van der Waals surface area (Å²) in [5.74, 6) is -0.116. The Balaban J connectivity index is 2.87. The maximum absolute atomic E-state index is 12.5. The molecule has 0 aromatic heterocycles. The van der Waals surface area contributed by atoms with Gasteiger partial charge in [0, 0.05) is 6.04 Å². The van der Waals surface area contributed by atoms with Gasteiger partial charge in [-0.3, -0.25) is 0 Å². The van der Waals surface area contributed by atoms with E-state index in [-0.39, 0.29) is 16.7 Å². The van der Waals surface area contributed by atoms with Gasteiger partial charge in [0.25, 0.3) is 0 Å². The topological polar surface area (TPSA) is 46.2 Å². The highest BCUT2D eigenvalue weighted by atomic mass is 32.2. The third-order valence-corrected chi connectivity index (χ3v) is 4.97. The SMILES string of the molecule is CCCNC(CC)CS(=O)(=O)c1ccc(C(F)(F)F)cc1. The van der Waals surface area contributed by atoms with Gasteiger partial charge in [-0.2, -0.15) is 13.2 Å². The van der Waals surface area contributed by atoms with E-state index in [2.05, 4.69) is 5.32 Å². The maximum atomic E-state index is 12.5. The Hall–Kier alpha value is -1.08. The van der Waals surface area contributed by atoms with Crippen molar-refractivity contribution in [2.75, 3.05) is 12.3 Å². The summed E-state index contributed by atoms with van der Waals surface area (Å²) in [6, 6.07) is 3.44. The maximum Gasteiger partial charge on any atom is 0.416 e. The van der Waals surface area contributed by atoms with Gasteiger partial charge in [0.1, 0.15) is 0 Å². The zero-order valence-corrected chi connectivity index (χ0v) is 12.9. The fourth-order valence-electron chi connectivity index (χ4n) is 1.88. The van der Waals surface area contributed by atoms with Crippen LogP contribution in [0.3, 0.4) is 0 Å². The first-order valence-electron chi connectivity index (χ1n) is 6.84. The van der Waals surface area contributed by atoms with Crippen molar-refractivity contribution < 1.29 is 21.6 Å². The second-order valence-electron chi connectivity index (χ2n) is 4.86. The van der Waals surface area contributed by atoms with Crippen molar-refractivity contribution >= 4 is 9.84 Å². The number of hydrogen-bond acceptors (Lipinski definition) is 3. The summed E-state index contributed by atoms with van der Waals surface area (Å²) in [5.41, 5.74) is -0.849. The number of rotatable bonds is 7. The second kappa shape index (κ2) is 7.26. The van der Waals surface area contributed by atoms with Gasteiger partial charge in [0.15, 0.2) is 9.84 Å². The number of nitrogens with one attached hydrogen (secondary N) is 1. The summed E-state index contributed by atoms with van der Waals surface area (Å²) in [5, 5.41) is 3.12. The molecule has 120 valence electrons. The molecule has 1 aromatic rings. The number of alkyl halides is 3. The molecule has 1 atom stereocenters. The molecule has 0 heterocycles. The lowest BCUT2D eigenvalue weighted by Gasteiger charge is -2.17. The van der Waals surface area contributed by atoms with E-state index < -0.39 is 21.6 Å². The van der Waals surface area contributed by atoms with E-state index >= 15 is 0 Å². The normalized spacial score (nSPS) is 14.1. The minimum absolute atomic E-state index is 0.0766. The first-order chi connectivity index (χ1) is 9.70. The molecule has 21 heavy (non-hydrogen) atoms. The Morgan fingerprint density at radius 3 is 2.14 bits per heavy atom. The number of halogens is 3. The summed E-state index contributed by atoms with van der Waals surface area (Å²) in [7, 11) is -3.59. The van der Waals surface area contributed by atoms with Crippen molar-refractivity contribution in [3.63, 3.8) is 0 Å². The minimum atomic E-state index is -4.46. The average molecular weight is 323 g/mol. The quantitative estimate of drug-likeness (QED) is 0.838. The van der Waals surface area contributed by atoms with Crippen LogP contribution in [0.2, 0.25) is 0 Å². The number of sulfone groups is 1. The van der Waals surface area contributed by atoms with E-state index in [1.165, 1.54) is 0 Å². The highest BCUT2D eigenvalue weighted by Gasteiger charge is 2.30. The van der Waals surface area contributed by atoms with Crippen molar-refractivity contribution in [2.24, 2.45) is 0 Å². The van der Waals surface area contributed by atoms with Gasteiger partial charge in [-0.15, -0.1) is 0 Å². The molecule has 1 unspecified atom stereocenters. The molecule has 1 rings (SSSR count). The molecule has 0 radical (unpaired) electrons. The van der Waals surface area contributed by atoms with Gasteiger partial charge in [-0.1, -0.05) is 13.8 Å². The van der Waals surface area contributed by atoms with Crippen molar-refractivity contribution in [2.45, 2.75) is 43.8 Å². The van der Waals surface area contributed by atoms with E-state index in [1.807, 2.05) is 13.8 Å². The molecule has 0 amide bonds. The molecule has 1 aromatic carbocycles. The Morgan fingerprint density at radius 1 is 1.14 bits per heavy atom. The van der Waals surface area contributed by atoms with Crippen LogP contribution in [0.1, 0.15) is 32.3 Å². The summed E-state index contributed by atoms with van der Waals surface area (Å²) in [4.78, 5) is -0.0766. The van der Waals surface area contributed by atoms with Crippen LogP contribution >= 0.6 is 0 Å². The van der Waals surface area contributed by atoms with Gasteiger partial charge in [-0.05, 0) is 43.7 Å². The first kappa shape index (κ1) is 18.0. The molecule has 0 aliphatic rings. The van der Waals surface area contributed by atoms with Crippen LogP contribution in [-0.4, -0.2) is 26.8 Å². The predicted octanol–water partition coefficient (Wildman–Crippen LogP) is 3.26. The van der Waals surface area contributed by atoms with Crippen LogP contribution in [0.15, 0.2) is 29.2 Å². The highest BCUT2D eigenvalue weighted by Crippen LogP contribution is 2.29. The largest absolute Gasteiger partial charge is 0.416 e. The van der Waals surface area contributed by atoms with Gasteiger partial charge in [0.05, 0.1) is 16.2 Å². The fraction of sp³-hybridized carbons (Fsp3) is 0.571. The molecule has 0 aliphatic carbocycles. The standard InChI is InChI=1S/C14H20F3NO2S/c1-3-9-18-12(4-2)10-21(19,20)13-7-5-11(6-8-13)14(15,16)17/h5-8,12,18H,3-4,9-10H2,1-2H3. The molecule has 0 fully saturated rings. The zero-order chi connectivity index (χ0) is 16.1. The Labute approximate surface area is 123 Å². The molecule has 0 spiro atoms. The minimum Gasteiger partial charge on any atom is -0.313 e. The third-order valence-electron chi connectivity index (χ3n) is 3.14. The van der Waals surface area contributed by atoms with E-state index in [0.717, 1.165) is 30.7 Å². The van der Waals surface area contributed by atoms with Crippen LogP contribution in [0.4, 0.5) is 13.2 Å². The Kier molecular flexibility index (Phi) is 6.22. The van der Waals surface area contributed by atoms with Gasteiger partial charge >= 0.3 is 6.18 Å². The van der Waals surface area contributed by atoms with Crippen LogP contribution in [0.25, 0.3) is 0 Å². The highest BCUT2D eigenvalue weighted by molar-refractivity contribution is 7.91. The predicted molar refractivity (Wildman–Crippen MR) is 75.9 cm³/mol. The van der Waals surface area contributed by atoms with Crippen LogP contribution in [-0.2, 0) is 16.0 Å². The van der Waals surface area contributed by atoms with E-state index in [0.29, 0.717) is 13.0 Å². The molecule has 3 nitrogen and oxygen atoms in total. The van der Waals surface area contributed by atoms with Crippen molar-refractivity contribution in [3.05, 3.63) is 29.8 Å². The van der Waals surface area contributed by atoms with Gasteiger partial charge < -0.3 is 5.32 Å². The lowest BCUT2D eigenvalue weighted by atomic mass is 10.2. The molecule has 0 saturated carbocycles. The van der Waals surface area contributed by atoms with E-state index in [1.54, 1.807) is 0 Å². The van der Waals surface area contributed by atoms with Gasteiger partial charge in [0.2, 0.25) is 0 Å². The van der Waals surface area contributed by atoms with Crippen molar-refractivity contribution in [1.29, 1.82) is 0 Å². The number of benzene rings is 1. The lowest BCUT2D eigenvalue weighted by molar-refractivity contribution is -0.137.